The fourth-order valence-electron chi connectivity index (χ4n) is 3.06. The number of alkyl halides is 3. The minimum absolute atomic E-state index is 0.163. The van der Waals surface area contributed by atoms with Gasteiger partial charge in [0.25, 0.3) is 0 Å². The number of benzene rings is 2. The maximum Gasteiger partial charge on any atom is 0.421 e. The Bertz CT molecular complexity index is 988. The minimum atomic E-state index is -4.98. The summed E-state index contributed by atoms with van der Waals surface area (Å²) in [6, 6.07) is 14.3. The van der Waals surface area contributed by atoms with Crippen molar-refractivity contribution < 1.29 is 23.1 Å². The average Bonchev–Trinajstić information content (AvgIpc) is 3.14. The molecule has 2 aromatic carbocycles. The van der Waals surface area contributed by atoms with Gasteiger partial charge in [-0.1, -0.05) is 54.6 Å². The summed E-state index contributed by atoms with van der Waals surface area (Å²) in [7, 11) is 0. The summed E-state index contributed by atoms with van der Waals surface area (Å²) in [6.45, 7) is 2.10. The smallest absolute Gasteiger partial charge is 0.376 e. The third-order valence-electron chi connectivity index (χ3n) is 4.74. The number of amides is 1. The highest BCUT2D eigenvalue weighted by molar-refractivity contribution is 7.09. The molecular formula is C22H21F3N2O2S. The Balaban J connectivity index is 1.57. The van der Waals surface area contributed by atoms with Gasteiger partial charge < -0.3 is 10.4 Å². The average molecular weight is 434 g/mol. The predicted molar refractivity (Wildman–Crippen MR) is 110 cm³/mol. The molecule has 1 heterocycles. The van der Waals surface area contributed by atoms with E-state index in [0.717, 1.165) is 34.0 Å². The molecule has 3 aromatic rings. The molecule has 0 saturated carbocycles. The fourth-order valence-corrected chi connectivity index (χ4v) is 3.68. The molecule has 0 radical (unpaired) electrons. The number of hydrogen-bond donors (Lipinski definition) is 2. The van der Waals surface area contributed by atoms with Gasteiger partial charge in [0.2, 0.25) is 5.91 Å². The lowest BCUT2D eigenvalue weighted by molar-refractivity contribution is -0.267. The molecular weight excluding hydrogens is 413 g/mol. The van der Waals surface area contributed by atoms with E-state index in [0.29, 0.717) is 6.42 Å². The molecule has 3 rings (SSSR count). The molecule has 0 bridgehead atoms. The van der Waals surface area contributed by atoms with E-state index in [2.05, 4.69) is 10.3 Å². The van der Waals surface area contributed by atoms with Crippen LogP contribution in [-0.2, 0) is 16.8 Å². The summed E-state index contributed by atoms with van der Waals surface area (Å²) in [6.07, 6.45) is -5.61. The van der Waals surface area contributed by atoms with Gasteiger partial charge in [0, 0.05) is 17.5 Å². The third kappa shape index (κ3) is 5.06. The Kier molecular flexibility index (Phi) is 6.58. The normalized spacial score (nSPS) is 13.6. The first-order valence-electron chi connectivity index (χ1n) is 9.32. The fraction of sp³-hybridized carbons (Fsp3) is 0.273. The number of aromatic nitrogens is 1. The van der Waals surface area contributed by atoms with Gasteiger partial charge in [0.15, 0.2) is 5.60 Å². The van der Waals surface area contributed by atoms with Gasteiger partial charge >= 0.3 is 6.18 Å². The number of nitrogens with zero attached hydrogens (tertiary/aromatic N) is 1. The second-order valence-electron chi connectivity index (χ2n) is 6.95. The number of thiazole rings is 1. The molecule has 0 aliphatic carbocycles. The Morgan fingerprint density at radius 3 is 2.33 bits per heavy atom. The maximum atomic E-state index is 13.5. The molecule has 30 heavy (non-hydrogen) atoms. The van der Waals surface area contributed by atoms with E-state index in [1.54, 1.807) is 17.4 Å². The highest BCUT2D eigenvalue weighted by Gasteiger charge is 2.55. The van der Waals surface area contributed by atoms with Crippen molar-refractivity contribution in [2.75, 3.05) is 6.54 Å². The zero-order chi connectivity index (χ0) is 21.8. The number of hydrogen-bond acceptors (Lipinski definition) is 4. The van der Waals surface area contributed by atoms with Crippen LogP contribution in [0.25, 0.3) is 11.3 Å². The van der Waals surface area contributed by atoms with Crippen LogP contribution in [0.1, 0.15) is 22.6 Å². The summed E-state index contributed by atoms with van der Waals surface area (Å²) in [4.78, 5) is 16.6. The topological polar surface area (TPSA) is 62.2 Å². The van der Waals surface area contributed by atoms with Crippen molar-refractivity contribution in [3.63, 3.8) is 0 Å². The van der Waals surface area contributed by atoms with Gasteiger partial charge in [-0.05, 0) is 24.5 Å². The summed E-state index contributed by atoms with van der Waals surface area (Å²) >= 11 is 1.57. The Morgan fingerprint density at radius 2 is 1.77 bits per heavy atom. The molecule has 0 spiro atoms. The molecule has 8 heteroatoms. The summed E-state index contributed by atoms with van der Waals surface area (Å²) in [5.41, 5.74) is -0.790. The lowest BCUT2D eigenvalue weighted by Gasteiger charge is -2.30. The highest BCUT2D eigenvalue weighted by Crippen LogP contribution is 2.41. The van der Waals surface area contributed by atoms with E-state index in [1.165, 1.54) is 12.1 Å². The van der Waals surface area contributed by atoms with Crippen LogP contribution < -0.4 is 5.32 Å². The third-order valence-corrected chi connectivity index (χ3v) is 5.51. The van der Waals surface area contributed by atoms with Gasteiger partial charge in [-0.15, -0.1) is 11.3 Å². The zero-order valence-electron chi connectivity index (χ0n) is 16.2. The molecule has 1 aromatic heterocycles. The van der Waals surface area contributed by atoms with Crippen molar-refractivity contribution in [3.05, 3.63) is 76.1 Å². The molecule has 1 atom stereocenters. The summed E-state index contributed by atoms with van der Waals surface area (Å²) in [5.74, 6) is -0.867. The molecule has 1 amide bonds. The molecule has 0 aliphatic heterocycles. The molecule has 0 fully saturated rings. The predicted octanol–water partition coefficient (Wildman–Crippen LogP) is 4.62. The standard InChI is InChI=1S/C22H21F3N2O2S/c1-15-27-19(14-30-15)17-9-7-16(8-10-17)11-12-26-20(28)13-21(29,22(23,24)25)18-5-3-2-4-6-18/h2-10,14,29H,11-13H2,1H3,(H,26,28)/t21-/m1/s1. The van der Waals surface area contributed by atoms with Crippen LogP contribution in [-0.4, -0.2) is 28.7 Å². The number of nitrogens with one attached hydrogen (secondary N) is 1. The van der Waals surface area contributed by atoms with Gasteiger partial charge in [0.1, 0.15) is 0 Å². The van der Waals surface area contributed by atoms with Crippen molar-refractivity contribution in [1.29, 1.82) is 0 Å². The van der Waals surface area contributed by atoms with Crippen molar-refractivity contribution in [2.45, 2.75) is 31.5 Å². The van der Waals surface area contributed by atoms with Crippen LogP contribution in [0.3, 0.4) is 0 Å². The first-order chi connectivity index (χ1) is 14.2. The first kappa shape index (κ1) is 22.0. The number of rotatable bonds is 7. The minimum Gasteiger partial charge on any atom is -0.376 e. The maximum absolute atomic E-state index is 13.5. The van der Waals surface area contributed by atoms with E-state index in [1.807, 2.05) is 36.6 Å². The molecule has 2 N–H and O–H groups in total. The van der Waals surface area contributed by atoms with Crippen molar-refractivity contribution in [1.82, 2.24) is 10.3 Å². The van der Waals surface area contributed by atoms with Gasteiger partial charge in [0.05, 0.1) is 17.1 Å². The number of aliphatic hydroxyl groups is 1. The molecule has 0 aliphatic rings. The van der Waals surface area contributed by atoms with Gasteiger partial charge in [-0.2, -0.15) is 13.2 Å². The van der Waals surface area contributed by atoms with Crippen LogP contribution in [0.5, 0.6) is 0 Å². The zero-order valence-corrected chi connectivity index (χ0v) is 17.1. The number of carbonyl (C=O) groups excluding carboxylic acids is 1. The quantitative estimate of drug-likeness (QED) is 0.571. The van der Waals surface area contributed by atoms with Crippen LogP contribution >= 0.6 is 11.3 Å². The molecule has 158 valence electrons. The Labute approximate surface area is 176 Å². The number of carbonyl (C=O) groups is 1. The van der Waals surface area contributed by atoms with E-state index >= 15 is 0 Å². The van der Waals surface area contributed by atoms with Crippen LogP contribution in [0.15, 0.2) is 60.0 Å². The van der Waals surface area contributed by atoms with Gasteiger partial charge in [-0.3, -0.25) is 4.79 Å². The SMILES string of the molecule is Cc1nc(-c2ccc(CCNC(=O)C[C@@](O)(c3ccccc3)C(F)(F)F)cc2)cs1. The number of aryl methyl sites for hydroxylation is 1. The van der Waals surface area contributed by atoms with Crippen molar-refractivity contribution in [3.8, 4) is 11.3 Å². The Morgan fingerprint density at radius 1 is 1.10 bits per heavy atom. The molecule has 0 saturated heterocycles. The van der Waals surface area contributed by atoms with E-state index in [-0.39, 0.29) is 12.1 Å². The monoisotopic (exact) mass is 434 g/mol. The van der Waals surface area contributed by atoms with Crippen LogP contribution in [0, 0.1) is 6.92 Å². The van der Waals surface area contributed by atoms with E-state index in [4.69, 9.17) is 0 Å². The first-order valence-corrected chi connectivity index (χ1v) is 10.2. The molecule has 0 unspecified atom stereocenters. The van der Waals surface area contributed by atoms with Gasteiger partial charge in [-0.25, -0.2) is 4.98 Å². The van der Waals surface area contributed by atoms with Crippen molar-refractivity contribution in [2.24, 2.45) is 0 Å². The summed E-state index contributed by atoms with van der Waals surface area (Å²) < 4.78 is 40.4. The van der Waals surface area contributed by atoms with Crippen molar-refractivity contribution >= 4 is 17.2 Å². The molecule has 4 nitrogen and oxygen atoms in total. The summed E-state index contributed by atoms with van der Waals surface area (Å²) in [5, 5.41) is 15.7. The number of halogens is 3. The lowest BCUT2D eigenvalue weighted by atomic mass is 9.89. The lowest BCUT2D eigenvalue weighted by Crippen LogP contribution is -2.46. The van der Waals surface area contributed by atoms with Crippen LogP contribution in [0.2, 0.25) is 0 Å². The van der Waals surface area contributed by atoms with E-state index in [9.17, 15) is 23.1 Å². The second-order valence-corrected chi connectivity index (χ2v) is 8.01. The second kappa shape index (κ2) is 8.97. The van der Waals surface area contributed by atoms with Crippen LogP contribution in [0.4, 0.5) is 13.2 Å². The largest absolute Gasteiger partial charge is 0.421 e. The van der Waals surface area contributed by atoms with E-state index < -0.39 is 24.1 Å². The Hall–Kier alpha value is -2.71. The highest BCUT2D eigenvalue weighted by atomic mass is 32.1.